The lowest BCUT2D eigenvalue weighted by atomic mass is 9.82. The van der Waals surface area contributed by atoms with Crippen LogP contribution in [0.3, 0.4) is 0 Å². The predicted octanol–water partition coefficient (Wildman–Crippen LogP) is 2.97. The van der Waals surface area contributed by atoms with Gasteiger partial charge in [0.1, 0.15) is 6.04 Å². The van der Waals surface area contributed by atoms with E-state index in [1.807, 2.05) is 18.2 Å². The van der Waals surface area contributed by atoms with Crippen molar-refractivity contribution in [3.63, 3.8) is 0 Å². The molecule has 2 aliphatic rings. The van der Waals surface area contributed by atoms with Gasteiger partial charge >= 0.3 is 0 Å². The lowest BCUT2D eigenvalue weighted by molar-refractivity contribution is -0.122. The third-order valence-corrected chi connectivity index (χ3v) is 4.70. The van der Waals surface area contributed by atoms with E-state index in [2.05, 4.69) is 23.6 Å². The summed E-state index contributed by atoms with van der Waals surface area (Å²) >= 11 is 0. The van der Waals surface area contributed by atoms with Gasteiger partial charge in [-0.2, -0.15) is 0 Å². The van der Waals surface area contributed by atoms with E-state index in [0.717, 1.165) is 24.6 Å². The molecule has 1 amide bonds. The first-order valence-corrected chi connectivity index (χ1v) is 7.84. The van der Waals surface area contributed by atoms with Crippen molar-refractivity contribution in [2.75, 3.05) is 11.9 Å². The van der Waals surface area contributed by atoms with Crippen molar-refractivity contribution in [3.8, 4) is 0 Å². The highest BCUT2D eigenvalue weighted by molar-refractivity contribution is 5.87. The summed E-state index contributed by atoms with van der Waals surface area (Å²) in [6, 6.07) is 8.09. The van der Waals surface area contributed by atoms with Gasteiger partial charge in [0.15, 0.2) is 0 Å². The molecule has 1 fully saturated rings. The number of carbonyl (C=O) groups is 1. The highest BCUT2D eigenvalue weighted by Crippen LogP contribution is 2.28. The molecule has 0 spiro atoms. The summed E-state index contributed by atoms with van der Waals surface area (Å²) in [5, 5.41) is 6.47. The summed E-state index contributed by atoms with van der Waals surface area (Å²) in [5.41, 5.74) is 2.36. The first-order valence-electron chi connectivity index (χ1n) is 7.84. The number of benzene rings is 1. The van der Waals surface area contributed by atoms with E-state index in [1.54, 1.807) is 0 Å². The van der Waals surface area contributed by atoms with Crippen molar-refractivity contribution in [1.82, 2.24) is 5.32 Å². The summed E-state index contributed by atoms with van der Waals surface area (Å²) in [5.74, 6) is 1.64. The Morgan fingerprint density at radius 2 is 2.20 bits per heavy atom. The monoisotopic (exact) mass is 272 g/mol. The number of nitrogens with one attached hydrogen (secondary N) is 2. The van der Waals surface area contributed by atoms with E-state index in [4.69, 9.17) is 0 Å². The summed E-state index contributed by atoms with van der Waals surface area (Å²) in [6.07, 6.45) is 6.00. The van der Waals surface area contributed by atoms with Gasteiger partial charge in [-0.25, -0.2) is 0 Å². The molecule has 108 valence electrons. The quantitative estimate of drug-likeness (QED) is 0.888. The standard InChI is InChI=1S/C17H24N2O/c1-12-5-4-6-13(9-12)11-18-17(20)16-10-14-7-2-3-8-15(14)19-16/h2-3,7-8,12-13,16,19H,4-6,9-11H2,1H3,(H,18,20). The fourth-order valence-corrected chi connectivity index (χ4v) is 3.57. The molecule has 0 bridgehead atoms. The summed E-state index contributed by atoms with van der Waals surface area (Å²) < 4.78 is 0. The minimum Gasteiger partial charge on any atom is -0.373 e. The number of para-hydroxylation sites is 1. The first kappa shape index (κ1) is 13.5. The van der Waals surface area contributed by atoms with E-state index in [0.29, 0.717) is 5.92 Å². The van der Waals surface area contributed by atoms with Crippen molar-refractivity contribution in [3.05, 3.63) is 29.8 Å². The van der Waals surface area contributed by atoms with E-state index in [9.17, 15) is 4.79 Å². The highest BCUT2D eigenvalue weighted by Gasteiger charge is 2.27. The molecule has 1 aromatic carbocycles. The smallest absolute Gasteiger partial charge is 0.242 e. The third-order valence-electron chi connectivity index (χ3n) is 4.70. The molecule has 3 heteroatoms. The van der Waals surface area contributed by atoms with E-state index < -0.39 is 0 Å². The molecule has 0 aromatic heterocycles. The molecule has 1 saturated carbocycles. The molecule has 1 heterocycles. The molecule has 3 nitrogen and oxygen atoms in total. The van der Waals surface area contributed by atoms with Crippen LogP contribution in [0.15, 0.2) is 24.3 Å². The highest BCUT2D eigenvalue weighted by atomic mass is 16.2. The SMILES string of the molecule is CC1CCCC(CNC(=O)C2Cc3ccccc3N2)C1. The second kappa shape index (κ2) is 5.86. The van der Waals surface area contributed by atoms with Crippen LogP contribution >= 0.6 is 0 Å². The number of rotatable bonds is 3. The van der Waals surface area contributed by atoms with Crippen LogP contribution < -0.4 is 10.6 Å². The molecule has 1 aliphatic heterocycles. The zero-order valence-corrected chi connectivity index (χ0v) is 12.2. The van der Waals surface area contributed by atoms with Crippen molar-refractivity contribution >= 4 is 11.6 Å². The van der Waals surface area contributed by atoms with Gasteiger partial charge in [-0.1, -0.05) is 38.0 Å². The Morgan fingerprint density at radius 1 is 1.35 bits per heavy atom. The average Bonchev–Trinajstić information content (AvgIpc) is 2.89. The molecule has 3 rings (SSSR count). The number of hydrogen-bond acceptors (Lipinski definition) is 2. The van der Waals surface area contributed by atoms with Crippen LogP contribution in [0.4, 0.5) is 5.69 Å². The number of hydrogen-bond donors (Lipinski definition) is 2. The van der Waals surface area contributed by atoms with E-state index in [1.165, 1.54) is 31.2 Å². The van der Waals surface area contributed by atoms with E-state index in [-0.39, 0.29) is 11.9 Å². The van der Waals surface area contributed by atoms with Gasteiger partial charge in [-0.05, 0) is 36.3 Å². The van der Waals surface area contributed by atoms with Crippen LogP contribution in [0.2, 0.25) is 0 Å². The Morgan fingerprint density at radius 3 is 3.00 bits per heavy atom. The van der Waals surface area contributed by atoms with Gasteiger partial charge in [-0.3, -0.25) is 4.79 Å². The Labute approximate surface area is 121 Å². The van der Waals surface area contributed by atoms with Gasteiger partial charge in [-0.15, -0.1) is 0 Å². The maximum atomic E-state index is 12.3. The van der Waals surface area contributed by atoms with Gasteiger partial charge in [0.25, 0.3) is 0 Å². The molecule has 1 aromatic rings. The van der Waals surface area contributed by atoms with Gasteiger partial charge < -0.3 is 10.6 Å². The second-order valence-corrected chi connectivity index (χ2v) is 6.44. The lowest BCUT2D eigenvalue weighted by Crippen LogP contribution is -2.41. The minimum absolute atomic E-state index is 0.0894. The van der Waals surface area contributed by atoms with Crippen molar-refractivity contribution in [2.45, 2.75) is 45.1 Å². The summed E-state index contributed by atoms with van der Waals surface area (Å²) in [6.45, 7) is 3.17. The Balaban J connectivity index is 1.49. The Hall–Kier alpha value is -1.51. The molecule has 3 atom stereocenters. The third kappa shape index (κ3) is 2.97. The van der Waals surface area contributed by atoms with E-state index >= 15 is 0 Å². The Bertz CT molecular complexity index is 461. The molecule has 0 radical (unpaired) electrons. The number of fused-ring (bicyclic) bond motifs is 1. The average molecular weight is 272 g/mol. The summed E-state index contributed by atoms with van der Waals surface area (Å²) in [4.78, 5) is 12.3. The number of carbonyl (C=O) groups excluding carboxylic acids is 1. The molecule has 2 N–H and O–H groups in total. The molecule has 3 unspecified atom stereocenters. The molecular weight excluding hydrogens is 248 g/mol. The normalized spacial score (nSPS) is 28.6. The number of anilines is 1. The topological polar surface area (TPSA) is 41.1 Å². The second-order valence-electron chi connectivity index (χ2n) is 6.44. The van der Waals surface area contributed by atoms with Crippen LogP contribution in [0.1, 0.15) is 38.2 Å². The van der Waals surface area contributed by atoms with Crippen LogP contribution in [0.5, 0.6) is 0 Å². The van der Waals surface area contributed by atoms with Crippen molar-refractivity contribution in [1.29, 1.82) is 0 Å². The minimum atomic E-state index is -0.0894. The molecule has 1 aliphatic carbocycles. The maximum absolute atomic E-state index is 12.3. The van der Waals surface area contributed by atoms with Crippen LogP contribution in [-0.4, -0.2) is 18.5 Å². The number of amides is 1. The van der Waals surface area contributed by atoms with Crippen LogP contribution in [0.25, 0.3) is 0 Å². The maximum Gasteiger partial charge on any atom is 0.242 e. The fraction of sp³-hybridized carbons (Fsp3) is 0.588. The lowest BCUT2D eigenvalue weighted by Gasteiger charge is -2.27. The molecule has 0 saturated heterocycles. The van der Waals surface area contributed by atoms with Gasteiger partial charge in [0.05, 0.1) is 0 Å². The molecule has 20 heavy (non-hydrogen) atoms. The summed E-state index contributed by atoms with van der Waals surface area (Å²) in [7, 11) is 0. The van der Waals surface area contributed by atoms with Gasteiger partial charge in [0, 0.05) is 18.7 Å². The zero-order valence-electron chi connectivity index (χ0n) is 12.2. The van der Waals surface area contributed by atoms with Crippen molar-refractivity contribution < 1.29 is 4.79 Å². The molecular formula is C17H24N2O. The van der Waals surface area contributed by atoms with Crippen LogP contribution in [-0.2, 0) is 11.2 Å². The first-order chi connectivity index (χ1) is 9.72. The zero-order chi connectivity index (χ0) is 13.9. The van der Waals surface area contributed by atoms with Crippen molar-refractivity contribution in [2.24, 2.45) is 11.8 Å². The largest absolute Gasteiger partial charge is 0.373 e. The van der Waals surface area contributed by atoms with Crippen LogP contribution in [0, 0.1) is 11.8 Å². The fourth-order valence-electron chi connectivity index (χ4n) is 3.57. The van der Waals surface area contributed by atoms with Gasteiger partial charge in [0.2, 0.25) is 5.91 Å². The predicted molar refractivity (Wildman–Crippen MR) is 81.7 cm³/mol. The Kier molecular flexibility index (Phi) is 3.95.